The summed E-state index contributed by atoms with van der Waals surface area (Å²) < 4.78 is 0. The van der Waals surface area contributed by atoms with Crippen LogP contribution in [0, 0.1) is 0 Å². The highest BCUT2D eigenvalue weighted by molar-refractivity contribution is 7.07. The van der Waals surface area contributed by atoms with E-state index in [1.807, 2.05) is 18.2 Å². The van der Waals surface area contributed by atoms with Gasteiger partial charge in [-0.15, -0.1) is 0 Å². The fourth-order valence-corrected chi connectivity index (χ4v) is 3.12. The molecule has 2 nitrogen and oxygen atoms in total. The van der Waals surface area contributed by atoms with Crippen molar-refractivity contribution in [3.63, 3.8) is 0 Å². The van der Waals surface area contributed by atoms with Crippen LogP contribution in [-0.4, -0.2) is 16.8 Å². The maximum Gasteiger partial charge on any atom is 0.223 e. The Hall–Kier alpha value is -1.61. The number of benzene rings is 1. The summed E-state index contributed by atoms with van der Waals surface area (Å²) in [7, 11) is 0. The van der Waals surface area contributed by atoms with E-state index < -0.39 is 0 Å². The zero-order chi connectivity index (χ0) is 13.8. The number of thiophene rings is 1. The lowest BCUT2D eigenvalue weighted by Gasteiger charge is -2.22. The average molecular weight is 285 g/mol. The van der Waals surface area contributed by atoms with Gasteiger partial charge < -0.3 is 4.90 Å². The van der Waals surface area contributed by atoms with Crippen LogP contribution in [0.5, 0.6) is 0 Å². The van der Waals surface area contributed by atoms with Crippen LogP contribution in [0.15, 0.2) is 47.2 Å². The molecular weight excluding hydrogens is 266 g/mol. The summed E-state index contributed by atoms with van der Waals surface area (Å²) in [6.45, 7) is 0.758. The first-order valence-electron chi connectivity index (χ1n) is 7.17. The number of nitrogens with zero attached hydrogens (tertiary/aromatic N) is 1. The van der Waals surface area contributed by atoms with E-state index in [0.29, 0.717) is 18.4 Å². The molecule has 1 aromatic carbocycles. The molecule has 1 heterocycles. The van der Waals surface area contributed by atoms with Crippen molar-refractivity contribution in [2.24, 2.45) is 0 Å². The van der Waals surface area contributed by atoms with Crippen LogP contribution >= 0.6 is 11.3 Å². The molecule has 1 fully saturated rings. The van der Waals surface area contributed by atoms with Gasteiger partial charge in [0.15, 0.2) is 0 Å². The van der Waals surface area contributed by atoms with Crippen molar-refractivity contribution in [1.82, 2.24) is 4.90 Å². The lowest BCUT2D eigenvalue weighted by atomic mass is 10.1. The summed E-state index contributed by atoms with van der Waals surface area (Å²) in [4.78, 5) is 14.5. The van der Waals surface area contributed by atoms with E-state index in [1.165, 1.54) is 11.1 Å². The molecule has 0 saturated heterocycles. The van der Waals surface area contributed by atoms with E-state index in [1.54, 1.807) is 11.3 Å². The average Bonchev–Trinajstić information content (AvgIpc) is 3.19. The maximum atomic E-state index is 12.5. The van der Waals surface area contributed by atoms with E-state index in [-0.39, 0.29) is 0 Å². The van der Waals surface area contributed by atoms with Gasteiger partial charge in [0, 0.05) is 19.0 Å². The minimum absolute atomic E-state index is 0.294. The fraction of sp³-hybridized carbons (Fsp3) is 0.353. The fourth-order valence-electron chi connectivity index (χ4n) is 2.42. The molecule has 1 aliphatic rings. The highest BCUT2D eigenvalue weighted by Gasteiger charge is 2.32. The minimum Gasteiger partial charge on any atom is -0.335 e. The molecule has 3 heteroatoms. The summed E-state index contributed by atoms with van der Waals surface area (Å²) in [5, 5.41) is 4.20. The van der Waals surface area contributed by atoms with Gasteiger partial charge in [-0.1, -0.05) is 30.3 Å². The van der Waals surface area contributed by atoms with Crippen LogP contribution in [0.4, 0.5) is 0 Å². The molecule has 0 atom stereocenters. The van der Waals surface area contributed by atoms with Crippen molar-refractivity contribution in [1.29, 1.82) is 0 Å². The number of aryl methyl sites for hydroxylation is 1. The topological polar surface area (TPSA) is 20.3 Å². The Kier molecular flexibility index (Phi) is 4.16. The molecule has 0 radical (unpaired) electrons. The third kappa shape index (κ3) is 3.48. The molecule has 3 rings (SSSR count). The van der Waals surface area contributed by atoms with Crippen LogP contribution < -0.4 is 0 Å². The molecule has 0 aliphatic heterocycles. The van der Waals surface area contributed by atoms with Crippen molar-refractivity contribution < 1.29 is 4.79 Å². The summed E-state index contributed by atoms with van der Waals surface area (Å²) in [6.07, 6.45) is 3.81. The van der Waals surface area contributed by atoms with Crippen molar-refractivity contribution in [3.8, 4) is 0 Å². The molecule has 1 amide bonds. The SMILES string of the molecule is O=C(CCc1ccsc1)N(Cc1ccccc1)C1CC1. The third-order valence-corrected chi connectivity index (χ3v) is 4.44. The Morgan fingerprint density at radius 2 is 1.95 bits per heavy atom. The molecule has 0 bridgehead atoms. The number of hydrogen-bond acceptors (Lipinski definition) is 2. The normalized spacial score (nSPS) is 14.2. The highest BCUT2D eigenvalue weighted by atomic mass is 32.1. The predicted molar refractivity (Wildman–Crippen MR) is 82.7 cm³/mol. The van der Waals surface area contributed by atoms with Gasteiger partial charge in [-0.25, -0.2) is 0 Å². The third-order valence-electron chi connectivity index (χ3n) is 3.71. The predicted octanol–water partition coefficient (Wildman–Crippen LogP) is 3.87. The molecule has 0 spiro atoms. The van der Waals surface area contributed by atoms with Crippen LogP contribution in [0.25, 0.3) is 0 Å². The van der Waals surface area contributed by atoms with E-state index in [2.05, 4.69) is 33.9 Å². The van der Waals surface area contributed by atoms with Crippen LogP contribution in [0.3, 0.4) is 0 Å². The van der Waals surface area contributed by atoms with Crippen molar-refractivity contribution in [2.75, 3.05) is 0 Å². The molecule has 1 aromatic heterocycles. The summed E-state index contributed by atoms with van der Waals surface area (Å²) in [5.41, 5.74) is 2.50. The Morgan fingerprint density at radius 3 is 2.60 bits per heavy atom. The van der Waals surface area contributed by atoms with Gasteiger partial charge in [-0.3, -0.25) is 4.79 Å². The number of carbonyl (C=O) groups excluding carboxylic acids is 1. The largest absolute Gasteiger partial charge is 0.335 e. The number of amides is 1. The lowest BCUT2D eigenvalue weighted by Crippen LogP contribution is -2.32. The van der Waals surface area contributed by atoms with Crippen molar-refractivity contribution in [2.45, 2.75) is 38.3 Å². The molecular formula is C17H19NOS. The van der Waals surface area contributed by atoms with Crippen molar-refractivity contribution >= 4 is 17.2 Å². The van der Waals surface area contributed by atoms with E-state index >= 15 is 0 Å². The molecule has 1 saturated carbocycles. The van der Waals surface area contributed by atoms with Crippen molar-refractivity contribution in [3.05, 3.63) is 58.3 Å². The second kappa shape index (κ2) is 6.23. The van der Waals surface area contributed by atoms with Crippen LogP contribution in [-0.2, 0) is 17.8 Å². The molecule has 0 unspecified atom stereocenters. The summed E-state index contributed by atoms with van der Waals surface area (Å²) in [6, 6.07) is 12.9. The highest BCUT2D eigenvalue weighted by Crippen LogP contribution is 2.29. The number of rotatable bonds is 6. The van der Waals surface area contributed by atoms with E-state index in [4.69, 9.17) is 0 Å². The van der Waals surface area contributed by atoms with Gasteiger partial charge in [0.2, 0.25) is 5.91 Å². The van der Waals surface area contributed by atoms with Gasteiger partial charge in [0.05, 0.1) is 0 Å². The molecule has 2 aromatic rings. The first kappa shape index (κ1) is 13.4. The second-order valence-corrected chi connectivity index (χ2v) is 6.15. The maximum absolute atomic E-state index is 12.5. The molecule has 0 N–H and O–H groups in total. The zero-order valence-corrected chi connectivity index (χ0v) is 12.3. The summed E-state index contributed by atoms with van der Waals surface area (Å²) in [5.74, 6) is 0.294. The monoisotopic (exact) mass is 285 g/mol. The Labute approximate surface area is 124 Å². The van der Waals surface area contributed by atoms with E-state index in [0.717, 1.165) is 25.8 Å². The molecule has 1 aliphatic carbocycles. The quantitative estimate of drug-likeness (QED) is 0.789. The molecule has 20 heavy (non-hydrogen) atoms. The Balaban J connectivity index is 1.60. The van der Waals surface area contributed by atoms with Gasteiger partial charge in [-0.05, 0) is 47.2 Å². The first-order chi connectivity index (χ1) is 9.83. The minimum atomic E-state index is 0.294. The van der Waals surface area contributed by atoms with Gasteiger partial charge in [-0.2, -0.15) is 11.3 Å². The van der Waals surface area contributed by atoms with E-state index in [9.17, 15) is 4.79 Å². The Morgan fingerprint density at radius 1 is 1.15 bits per heavy atom. The van der Waals surface area contributed by atoms with Gasteiger partial charge in [0.1, 0.15) is 0 Å². The lowest BCUT2D eigenvalue weighted by molar-refractivity contribution is -0.132. The van der Waals surface area contributed by atoms with Gasteiger partial charge in [0.25, 0.3) is 0 Å². The number of carbonyl (C=O) groups is 1. The zero-order valence-electron chi connectivity index (χ0n) is 11.5. The van der Waals surface area contributed by atoms with Crippen LogP contribution in [0.1, 0.15) is 30.4 Å². The van der Waals surface area contributed by atoms with Gasteiger partial charge >= 0.3 is 0 Å². The first-order valence-corrected chi connectivity index (χ1v) is 8.11. The summed E-state index contributed by atoms with van der Waals surface area (Å²) >= 11 is 1.70. The second-order valence-electron chi connectivity index (χ2n) is 5.37. The van der Waals surface area contributed by atoms with Crippen LogP contribution in [0.2, 0.25) is 0 Å². The number of hydrogen-bond donors (Lipinski definition) is 0. The standard InChI is InChI=1S/C17H19NOS/c19-17(9-6-15-10-11-20-13-15)18(16-7-8-16)12-14-4-2-1-3-5-14/h1-5,10-11,13,16H,6-9,12H2. The Bertz CT molecular complexity index is 546. The smallest absolute Gasteiger partial charge is 0.223 e. The molecule has 104 valence electrons.